The van der Waals surface area contributed by atoms with Gasteiger partial charge >= 0.3 is 51.4 Å². The molecule has 0 bridgehead atoms. The number of hydrogen-bond acceptors (Lipinski definition) is 3. The van der Waals surface area contributed by atoms with Gasteiger partial charge in [-0.1, -0.05) is 146 Å². The molecule has 0 saturated heterocycles. The molecule has 2 rings (SSSR count). The molecule has 0 spiro atoms. The Balaban J connectivity index is -0.0000000321. The first kappa shape index (κ1) is 59.5. The van der Waals surface area contributed by atoms with Crippen molar-refractivity contribution in [2.45, 2.75) is 147 Å². The largest absolute Gasteiger partial charge is 1.00 e. The van der Waals surface area contributed by atoms with Gasteiger partial charge in [0.1, 0.15) is 0 Å². The van der Waals surface area contributed by atoms with Gasteiger partial charge < -0.3 is 30.1 Å². The Morgan fingerprint density at radius 2 is 1.12 bits per heavy atom. The van der Waals surface area contributed by atoms with Crippen LogP contribution in [0.25, 0.3) is 0 Å². The van der Waals surface area contributed by atoms with Gasteiger partial charge in [0.25, 0.3) is 0 Å². The number of aryl methyl sites for hydroxylation is 1. The summed E-state index contributed by atoms with van der Waals surface area (Å²) >= 11 is 0. The van der Waals surface area contributed by atoms with Gasteiger partial charge in [-0.2, -0.15) is 6.92 Å². The molecule has 206 valence electrons. The average Bonchev–Trinajstić information content (AvgIpc) is 2.93. The summed E-state index contributed by atoms with van der Waals surface area (Å²) in [5, 5.41) is 0. The maximum Gasteiger partial charge on any atom is 1.00 e. The van der Waals surface area contributed by atoms with Crippen LogP contribution >= 0.6 is 0 Å². The molecule has 1 saturated carbocycles. The van der Waals surface area contributed by atoms with Crippen LogP contribution in [0, 0.1) is 27.5 Å². The standard InChI is InChI=1S/C6H8N3.C6H12.C5H12.4C2H6.C2H5.C2H4.CH3.K/c1-5-8-3-2-6(4-7)9-5;1-2-4-6-5-3-1;1-3-5-4-2;6*1-2;;/h2H,4,7H2,1H3;1-6H2;3-5H2,1-2H3;4*1-2H3;1H2,2H3;1-2H2;1H3;/q-1;;;;;;;-1;;-1;+1. The molecule has 0 unspecified atom stereocenters. The maximum atomic E-state index is 5.31. The van der Waals surface area contributed by atoms with E-state index in [2.05, 4.69) is 50.1 Å². The number of rotatable bonds is 3. The van der Waals surface area contributed by atoms with Crippen molar-refractivity contribution in [2.24, 2.45) is 5.73 Å². The minimum Gasteiger partial charge on any atom is -0.373 e. The van der Waals surface area contributed by atoms with Crippen molar-refractivity contribution in [1.82, 2.24) is 9.97 Å². The number of nitrogens with two attached hydrogens (primary N) is 1. The number of hydrogen-bond donors (Lipinski definition) is 1. The van der Waals surface area contributed by atoms with Crippen LogP contribution in [0.1, 0.15) is 145 Å². The zero-order valence-electron chi connectivity index (χ0n) is 26.7. The quantitative estimate of drug-likeness (QED) is 0.257. The van der Waals surface area contributed by atoms with Crippen LogP contribution in [-0.2, 0) is 6.54 Å². The average molecular weight is 510 g/mol. The van der Waals surface area contributed by atoms with E-state index < -0.39 is 0 Å². The van der Waals surface area contributed by atoms with Gasteiger partial charge in [-0.05, 0) is 6.54 Å². The van der Waals surface area contributed by atoms with Gasteiger partial charge in [0.2, 0.25) is 0 Å². The molecule has 1 aliphatic rings. The summed E-state index contributed by atoms with van der Waals surface area (Å²) in [4.78, 5) is 7.82. The van der Waals surface area contributed by atoms with E-state index in [-0.39, 0.29) is 58.8 Å². The molecule has 2 N–H and O–H groups in total. The molecule has 1 aliphatic carbocycles. The Morgan fingerprint density at radius 3 is 1.26 bits per heavy atom. The van der Waals surface area contributed by atoms with E-state index in [0.717, 1.165) is 11.5 Å². The summed E-state index contributed by atoms with van der Waals surface area (Å²) in [5.74, 6) is 0.720. The molecule has 34 heavy (non-hydrogen) atoms. The third kappa shape index (κ3) is 76.8. The minimum absolute atomic E-state index is 0. The summed E-state index contributed by atoms with van der Waals surface area (Å²) in [7, 11) is 0. The van der Waals surface area contributed by atoms with E-state index in [9.17, 15) is 0 Å². The molecule has 4 heteroatoms. The van der Waals surface area contributed by atoms with Crippen molar-refractivity contribution in [2.75, 3.05) is 0 Å². The van der Waals surface area contributed by atoms with Crippen LogP contribution in [-0.4, -0.2) is 9.97 Å². The topological polar surface area (TPSA) is 51.8 Å². The van der Waals surface area contributed by atoms with Crippen LogP contribution in [0.15, 0.2) is 19.2 Å². The first-order chi connectivity index (χ1) is 15.7. The monoisotopic (exact) mass is 510 g/mol. The van der Waals surface area contributed by atoms with Crippen molar-refractivity contribution in [3.05, 3.63) is 51.3 Å². The first-order valence-corrected chi connectivity index (χ1v) is 13.4. The first-order valence-electron chi connectivity index (χ1n) is 13.4. The number of unbranched alkanes of at least 4 members (excludes halogenated alkanes) is 2. The third-order valence-corrected chi connectivity index (χ3v) is 3.18. The molecule has 0 atom stereocenters. The maximum absolute atomic E-state index is 5.31. The number of aromatic nitrogens is 2. The van der Waals surface area contributed by atoms with E-state index in [1.807, 2.05) is 62.3 Å². The molecule has 0 aliphatic heterocycles. The second-order valence-corrected chi connectivity index (χ2v) is 5.21. The fourth-order valence-electron chi connectivity index (χ4n) is 1.98. The molecular weight excluding hydrogens is 441 g/mol. The molecule has 0 amide bonds. The zero-order chi connectivity index (χ0) is 27.1. The zero-order valence-corrected chi connectivity index (χ0v) is 29.9. The van der Waals surface area contributed by atoms with Gasteiger partial charge in [-0.25, -0.2) is 0 Å². The van der Waals surface area contributed by atoms with Gasteiger partial charge in [0, 0.05) is 5.82 Å². The Morgan fingerprint density at radius 1 is 0.824 bits per heavy atom. The molecular formula is C30H68KN3-2. The van der Waals surface area contributed by atoms with Crippen molar-refractivity contribution < 1.29 is 51.4 Å². The van der Waals surface area contributed by atoms with E-state index >= 15 is 0 Å². The van der Waals surface area contributed by atoms with Gasteiger partial charge in [-0.3, -0.25) is 0 Å². The smallest absolute Gasteiger partial charge is 0.373 e. The van der Waals surface area contributed by atoms with Crippen LogP contribution in [0.2, 0.25) is 0 Å². The van der Waals surface area contributed by atoms with E-state index in [1.54, 1.807) is 13.0 Å². The molecule has 1 heterocycles. The predicted octanol–water partition coefficient (Wildman–Crippen LogP) is 7.78. The molecule has 3 nitrogen and oxygen atoms in total. The molecule has 0 aromatic carbocycles. The Hall–Kier alpha value is 0.416. The van der Waals surface area contributed by atoms with Gasteiger partial charge in [0.15, 0.2) is 0 Å². The van der Waals surface area contributed by atoms with Crippen molar-refractivity contribution in [1.29, 1.82) is 0 Å². The Bertz CT molecular complexity index is 317. The molecule has 1 fully saturated rings. The molecule has 1 aromatic heterocycles. The van der Waals surface area contributed by atoms with E-state index in [4.69, 9.17) is 5.73 Å². The third-order valence-electron chi connectivity index (χ3n) is 3.18. The van der Waals surface area contributed by atoms with E-state index in [1.165, 1.54) is 57.8 Å². The van der Waals surface area contributed by atoms with Crippen molar-refractivity contribution in [3.8, 4) is 0 Å². The summed E-state index contributed by atoms with van der Waals surface area (Å²) in [6, 6.07) is 1.69. The summed E-state index contributed by atoms with van der Waals surface area (Å²) in [6.07, 6.45) is 15.8. The second-order valence-electron chi connectivity index (χ2n) is 5.21. The SMILES string of the molecule is C1CCCCC1.C=C.CC.CC.CC.CC.CCCCC.Cc1n[c-]cc(CN)n1.[CH2-]C.[CH3-].[K+]. The van der Waals surface area contributed by atoms with Crippen molar-refractivity contribution >= 4 is 0 Å². The normalized spacial score (nSPS) is 9.00. The van der Waals surface area contributed by atoms with Crippen LogP contribution in [0.5, 0.6) is 0 Å². The van der Waals surface area contributed by atoms with Gasteiger partial charge in [0.05, 0.1) is 0 Å². The Labute approximate surface area is 263 Å². The van der Waals surface area contributed by atoms with Crippen molar-refractivity contribution in [3.63, 3.8) is 0 Å². The fraction of sp³-hybridized carbons (Fsp3) is 0.733. The number of nitrogens with zero attached hydrogens (tertiary/aromatic N) is 2. The summed E-state index contributed by atoms with van der Waals surface area (Å²) in [6.45, 7) is 33.7. The predicted molar refractivity (Wildman–Crippen MR) is 160 cm³/mol. The molecule has 1 aromatic rings. The molecule has 0 radical (unpaired) electrons. The van der Waals surface area contributed by atoms with Crippen LogP contribution in [0.3, 0.4) is 0 Å². The van der Waals surface area contributed by atoms with E-state index in [0.29, 0.717) is 6.54 Å². The fourth-order valence-corrected chi connectivity index (χ4v) is 1.98. The van der Waals surface area contributed by atoms with Gasteiger partial charge in [-0.15, -0.1) is 19.2 Å². The summed E-state index contributed by atoms with van der Waals surface area (Å²) in [5.41, 5.74) is 6.14. The second kappa shape index (κ2) is 84.2. The summed E-state index contributed by atoms with van der Waals surface area (Å²) < 4.78 is 0. The Kier molecular flexibility index (Phi) is 147. The minimum atomic E-state index is 0. The van der Waals surface area contributed by atoms with Crippen LogP contribution in [0.4, 0.5) is 0 Å². The van der Waals surface area contributed by atoms with Crippen LogP contribution < -0.4 is 57.1 Å².